The minimum atomic E-state index is 0. The molecule has 0 spiro atoms. The molecule has 1 N–H and O–H groups in total. The molecule has 0 saturated carbocycles. The van der Waals surface area contributed by atoms with E-state index in [1.54, 1.807) is 0 Å². The highest BCUT2D eigenvalue weighted by Crippen LogP contribution is 2.15. The van der Waals surface area contributed by atoms with Gasteiger partial charge in [0.25, 0.3) is 0 Å². The first-order chi connectivity index (χ1) is 9.79. The van der Waals surface area contributed by atoms with Crippen molar-refractivity contribution in [1.82, 2.24) is 10.2 Å². The number of hydrogen-bond donors (Lipinski definition) is 1. The van der Waals surface area contributed by atoms with Gasteiger partial charge in [-0.2, -0.15) is 0 Å². The summed E-state index contributed by atoms with van der Waals surface area (Å²) in [7, 11) is 0. The Kier molecular flexibility index (Phi) is 8.84. The topological polar surface area (TPSA) is 36.9 Å². The van der Waals surface area contributed by atoms with Crippen molar-refractivity contribution < 1.29 is 4.74 Å². The Balaban J connectivity index is 0.00000220. The number of aliphatic imine (C=N–C) groups is 1. The van der Waals surface area contributed by atoms with Crippen LogP contribution in [-0.4, -0.2) is 43.6 Å². The lowest BCUT2D eigenvalue weighted by atomic mass is 10.3. The number of ether oxygens (including phenoxy) is 1. The van der Waals surface area contributed by atoms with Crippen molar-refractivity contribution in [2.24, 2.45) is 4.99 Å². The van der Waals surface area contributed by atoms with Gasteiger partial charge in [-0.3, -0.25) is 0 Å². The third kappa shape index (κ3) is 6.30. The van der Waals surface area contributed by atoms with Crippen LogP contribution in [0.25, 0.3) is 0 Å². The molecule has 1 aromatic carbocycles. The predicted octanol–water partition coefficient (Wildman–Crippen LogP) is 3.40. The highest BCUT2D eigenvalue weighted by molar-refractivity contribution is 14.0. The molecular weight excluding hydrogens is 401 g/mol. The molecule has 0 amide bonds. The molecule has 0 atom stereocenters. The van der Waals surface area contributed by atoms with Gasteiger partial charge in [0.15, 0.2) is 5.96 Å². The standard InChI is InChI=1S/C15H22ClN3O.HI/c1-2-17-15(19-10-3-4-11-19)18-9-12-20-14-7-5-13(16)6-8-14;/h5-8H,2-4,9-12H2,1H3,(H,17,18);1H. The van der Waals surface area contributed by atoms with Crippen LogP contribution in [0.1, 0.15) is 19.8 Å². The van der Waals surface area contributed by atoms with E-state index in [-0.39, 0.29) is 24.0 Å². The zero-order valence-corrected chi connectivity index (χ0v) is 15.4. The summed E-state index contributed by atoms with van der Waals surface area (Å²) in [6.45, 7) is 6.42. The molecule has 0 aromatic heterocycles. The van der Waals surface area contributed by atoms with Crippen molar-refractivity contribution in [3.05, 3.63) is 29.3 Å². The van der Waals surface area contributed by atoms with Crippen molar-refractivity contribution in [1.29, 1.82) is 0 Å². The van der Waals surface area contributed by atoms with Gasteiger partial charge in [-0.1, -0.05) is 11.6 Å². The van der Waals surface area contributed by atoms with E-state index in [1.807, 2.05) is 24.3 Å². The summed E-state index contributed by atoms with van der Waals surface area (Å²) in [5.74, 6) is 1.83. The predicted molar refractivity (Wildman–Crippen MR) is 99.1 cm³/mol. The van der Waals surface area contributed by atoms with Crippen LogP contribution in [0.3, 0.4) is 0 Å². The summed E-state index contributed by atoms with van der Waals surface area (Å²) in [6.07, 6.45) is 2.51. The van der Waals surface area contributed by atoms with Crippen LogP contribution in [0.4, 0.5) is 0 Å². The largest absolute Gasteiger partial charge is 0.492 e. The Morgan fingerprint density at radius 2 is 1.95 bits per heavy atom. The van der Waals surface area contributed by atoms with Crippen LogP contribution in [0, 0.1) is 0 Å². The molecule has 0 bridgehead atoms. The van der Waals surface area contributed by atoms with Gasteiger partial charge in [-0.25, -0.2) is 4.99 Å². The Labute approximate surface area is 148 Å². The number of hydrogen-bond acceptors (Lipinski definition) is 2. The number of nitrogens with zero attached hydrogens (tertiary/aromatic N) is 2. The van der Waals surface area contributed by atoms with E-state index in [2.05, 4.69) is 22.1 Å². The summed E-state index contributed by atoms with van der Waals surface area (Å²) < 4.78 is 5.64. The minimum Gasteiger partial charge on any atom is -0.492 e. The normalized spacial score (nSPS) is 14.8. The van der Waals surface area contributed by atoms with Crippen LogP contribution in [-0.2, 0) is 0 Å². The number of rotatable bonds is 5. The Morgan fingerprint density at radius 1 is 1.29 bits per heavy atom. The fourth-order valence-electron chi connectivity index (χ4n) is 2.20. The number of benzene rings is 1. The highest BCUT2D eigenvalue weighted by atomic mass is 127. The summed E-state index contributed by atoms with van der Waals surface area (Å²) in [5, 5.41) is 4.05. The first-order valence-electron chi connectivity index (χ1n) is 7.21. The quantitative estimate of drug-likeness (QED) is 0.341. The van der Waals surface area contributed by atoms with E-state index in [1.165, 1.54) is 12.8 Å². The zero-order valence-electron chi connectivity index (χ0n) is 12.3. The van der Waals surface area contributed by atoms with Crippen molar-refractivity contribution in [2.45, 2.75) is 19.8 Å². The average molecular weight is 424 g/mol. The van der Waals surface area contributed by atoms with Crippen LogP contribution in [0.15, 0.2) is 29.3 Å². The molecule has 0 radical (unpaired) electrons. The first-order valence-corrected chi connectivity index (χ1v) is 7.59. The summed E-state index contributed by atoms with van der Waals surface area (Å²) in [5.41, 5.74) is 0. The molecule has 1 aliphatic rings. The molecule has 0 unspecified atom stereocenters. The fourth-order valence-corrected chi connectivity index (χ4v) is 2.33. The van der Waals surface area contributed by atoms with Crippen LogP contribution >= 0.6 is 35.6 Å². The number of halogens is 2. The number of nitrogens with one attached hydrogen (secondary N) is 1. The Bertz CT molecular complexity index is 433. The summed E-state index contributed by atoms with van der Waals surface area (Å²) in [6, 6.07) is 7.40. The van der Waals surface area contributed by atoms with Gasteiger partial charge in [0.1, 0.15) is 12.4 Å². The van der Waals surface area contributed by atoms with E-state index in [0.29, 0.717) is 13.2 Å². The van der Waals surface area contributed by atoms with Crippen LogP contribution in [0.5, 0.6) is 5.75 Å². The van der Waals surface area contributed by atoms with Crippen LogP contribution < -0.4 is 10.1 Å². The molecule has 4 nitrogen and oxygen atoms in total. The lowest BCUT2D eigenvalue weighted by molar-refractivity contribution is 0.327. The minimum absolute atomic E-state index is 0. The second-order valence-electron chi connectivity index (χ2n) is 4.73. The number of likely N-dealkylation sites (tertiary alicyclic amines) is 1. The molecule has 1 saturated heterocycles. The van der Waals surface area contributed by atoms with E-state index >= 15 is 0 Å². The van der Waals surface area contributed by atoms with Gasteiger partial charge in [0, 0.05) is 24.7 Å². The molecule has 118 valence electrons. The number of guanidine groups is 1. The Hall–Kier alpha value is -0.690. The van der Waals surface area contributed by atoms with Gasteiger partial charge in [0.2, 0.25) is 0 Å². The maximum absolute atomic E-state index is 5.83. The SMILES string of the molecule is CCNC(=NCCOc1ccc(Cl)cc1)N1CCCC1.I. The molecule has 6 heteroatoms. The van der Waals surface area contributed by atoms with Crippen molar-refractivity contribution >= 4 is 41.5 Å². The second-order valence-corrected chi connectivity index (χ2v) is 5.17. The molecular formula is C15H23ClIN3O. The highest BCUT2D eigenvalue weighted by Gasteiger charge is 2.14. The molecule has 2 rings (SSSR count). The third-order valence-corrected chi connectivity index (χ3v) is 3.43. The first kappa shape index (κ1) is 18.4. The van der Waals surface area contributed by atoms with Gasteiger partial charge in [-0.15, -0.1) is 24.0 Å². The second kappa shape index (κ2) is 10.1. The molecule has 1 aliphatic heterocycles. The molecule has 21 heavy (non-hydrogen) atoms. The maximum atomic E-state index is 5.83. The van der Waals surface area contributed by atoms with Crippen molar-refractivity contribution in [3.8, 4) is 5.75 Å². The van der Waals surface area contributed by atoms with E-state index in [9.17, 15) is 0 Å². The van der Waals surface area contributed by atoms with Crippen molar-refractivity contribution in [2.75, 3.05) is 32.8 Å². The Morgan fingerprint density at radius 3 is 2.57 bits per heavy atom. The lowest BCUT2D eigenvalue weighted by Crippen LogP contribution is -2.39. The van der Waals surface area contributed by atoms with E-state index in [4.69, 9.17) is 16.3 Å². The smallest absolute Gasteiger partial charge is 0.194 e. The van der Waals surface area contributed by atoms with E-state index in [0.717, 1.165) is 36.4 Å². The third-order valence-electron chi connectivity index (χ3n) is 3.18. The fraction of sp³-hybridized carbons (Fsp3) is 0.533. The van der Waals surface area contributed by atoms with E-state index < -0.39 is 0 Å². The van der Waals surface area contributed by atoms with Gasteiger partial charge >= 0.3 is 0 Å². The molecule has 1 heterocycles. The summed E-state index contributed by atoms with van der Waals surface area (Å²) in [4.78, 5) is 6.92. The van der Waals surface area contributed by atoms with Gasteiger partial charge in [-0.05, 0) is 44.0 Å². The maximum Gasteiger partial charge on any atom is 0.194 e. The van der Waals surface area contributed by atoms with Crippen molar-refractivity contribution in [3.63, 3.8) is 0 Å². The molecule has 1 aromatic rings. The molecule has 0 aliphatic carbocycles. The average Bonchev–Trinajstić information content (AvgIpc) is 2.98. The van der Waals surface area contributed by atoms with Gasteiger partial charge < -0.3 is 15.0 Å². The lowest BCUT2D eigenvalue weighted by Gasteiger charge is -2.20. The molecule has 1 fully saturated rings. The summed E-state index contributed by atoms with van der Waals surface area (Å²) >= 11 is 5.83. The van der Waals surface area contributed by atoms with Crippen LogP contribution in [0.2, 0.25) is 5.02 Å². The monoisotopic (exact) mass is 423 g/mol. The van der Waals surface area contributed by atoms with Gasteiger partial charge in [0.05, 0.1) is 6.54 Å². The zero-order chi connectivity index (χ0) is 14.2.